The molecule has 0 aliphatic carbocycles. The van der Waals surface area contributed by atoms with Crippen molar-refractivity contribution in [1.29, 1.82) is 0 Å². The molecule has 0 fully saturated rings. The Kier molecular flexibility index (Phi) is 5.05. The molecule has 0 saturated carbocycles. The predicted molar refractivity (Wildman–Crippen MR) is 66.3 cm³/mol. The molecule has 1 rings (SSSR count). The molecule has 3 N–H and O–H groups in total. The van der Waals surface area contributed by atoms with Crippen LogP contribution in [0.15, 0.2) is 22.7 Å². The topological polar surface area (TPSA) is 98.3 Å². The van der Waals surface area contributed by atoms with Gasteiger partial charge in [-0.15, -0.1) is 0 Å². The highest BCUT2D eigenvalue weighted by atomic mass is 79.9. The van der Waals surface area contributed by atoms with Gasteiger partial charge in [0.15, 0.2) is 0 Å². The number of rotatable bonds is 6. The van der Waals surface area contributed by atoms with Crippen LogP contribution in [-0.2, 0) is 11.3 Å². The van der Waals surface area contributed by atoms with Gasteiger partial charge in [0.1, 0.15) is 0 Å². The molecular formula is C10H12BrN3O3. The maximum absolute atomic E-state index is 10.5. The molecule has 1 aromatic rings. The van der Waals surface area contributed by atoms with Crippen molar-refractivity contribution < 1.29 is 9.72 Å². The zero-order chi connectivity index (χ0) is 12.8. The number of nitrogens with one attached hydrogen (secondary N) is 1. The minimum atomic E-state index is -0.449. The van der Waals surface area contributed by atoms with Gasteiger partial charge in [0.05, 0.1) is 4.92 Å². The molecule has 1 aromatic carbocycles. The summed E-state index contributed by atoms with van der Waals surface area (Å²) >= 11 is 3.26. The number of hydrogen-bond acceptors (Lipinski definition) is 4. The van der Waals surface area contributed by atoms with Crippen LogP contribution in [0.5, 0.6) is 0 Å². The highest BCUT2D eigenvalue weighted by molar-refractivity contribution is 9.10. The molecule has 0 spiro atoms. The molecule has 6 nitrogen and oxygen atoms in total. The second-order valence-corrected chi connectivity index (χ2v) is 4.28. The smallest absolute Gasteiger partial charge is 0.270 e. The summed E-state index contributed by atoms with van der Waals surface area (Å²) in [6.45, 7) is 1.00. The lowest BCUT2D eigenvalue weighted by atomic mass is 10.2. The maximum Gasteiger partial charge on any atom is 0.270 e. The fourth-order valence-corrected chi connectivity index (χ4v) is 1.73. The van der Waals surface area contributed by atoms with E-state index >= 15 is 0 Å². The predicted octanol–water partition coefficient (Wildman–Crippen LogP) is 1.32. The minimum Gasteiger partial charge on any atom is -0.370 e. The summed E-state index contributed by atoms with van der Waals surface area (Å²) in [6.07, 6.45) is 0.268. The average Bonchev–Trinajstić information content (AvgIpc) is 2.25. The van der Waals surface area contributed by atoms with Crippen LogP contribution in [0.4, 0.5) is 5.69 Å². The largest absolute Gasteiger partial charge is 0.370 e. The Balaban J connectivity index is 2.54. The number of carbonyl (C=O) groups is 1. The highest BCUT2D eigenvalue weighted by Gasteiger charge is 2.08. The lowest BCUT2D eigenvalue weighted by Crippen LogP contribution is -2.21. The Morgan fingerprint density at radius 2 is 2.24 bits per heavy atom. The molecule has 17 heavy (non-hydrogen) atoms. The van der Waals surface area contributed by atoms with Gasteiger partial charge in [0, 0.05) is 36.1 Å². The van der Waals surface area contributed by atoms with E-state index in [1.807, 2.05) is 0 Å². The molecule has 0 aromatic heterocycles. The first-order valence-corrected chi connectivity index (χ1v) is 5.72. The molecule has 0 bridgehead atoms. The number of nitro groups is 1. The quantitative estimate of drug-likeness (QED) is 0.470. The molecule has 1 amide bonds. The number of nitrogens with zero attached hydrogens (tertiary/aromatic N) is 1. The number of carbonyl (C=O) groups excluding carboxylic acids is 1. The number of benzene rings is 1. The standard InChI is InChI=1S/C10H12BrN3O3/c11-9-5-8(14(16)17)2-1-7(9)6-13-4-3-10(12)15/h1-2,5,13H,3-4,6H2,(H2,12,15). The van der Waals surface area contributed by atoms with Crippen molar-refractivity contribution in [1.82, 2.24) is 5.32 Å². The summed E-state index contributed by atoms with van der Waals surface area (Å²) in [6, 6.07) is 4.56. The summed E-state index contributed by atoms with van der Waals surface area (Å²) in [5, 5.41) is 13.5. The van der Waals surface area contributed by atoms with Gasteiger partial charge in [-0.2, -0.15) is 0 Å². The Labute approximate surface area is 106 Å². The first kappa shape index (κ1) is 13.6. The molecule has 0 atom stereocenters. The lowest BCUT2D eigenvalue weighted by Gasteiger charge is -2.05. The van der Waals surface area contributed by atoms with Crippen molar-refractivity contribution in [3.05, 3.63) is 38.3 Å². The van der Waals surface area contributed by atoms with Crippen molar-refractivity contribution in [3.63, 3.8) is 0 Å². The van der Waals surface area contributed by atoms with E-state index < -0.39 is 4.92 Å². The molecular weight excluding hydrogens is 290 g/mol. The fourth-order valence-electron chi connectivity index (χ4n) is 1.23. The molecule has 0 heterocycles. The fraction of sp³-hybridized carbons (Fsp3) is 0.300. The summed E-state index contributed by atoms with van der Waals surface area (Å²) in [5.41, 5.74) is 5.92. The van der Waals surface area contributed by atoms with E-state index in [2.05, 4.69) is 21.2 Å². The van der Waals surface area contributed by atoms with Gasteiger partial charge in [0.2, 0.25) is 5.91 Å². The SMILES string of the molecule is NC(=O)CCNCc1ccc([N+](=O)[O-])cc1Br. The number of non-ortho nitro benzene ring substituents is 1. The third-order valence-corrected chi connectivity index (χ3v) is 2.85. The van der Waals surface area contributed by atoms with E-state index in [4.69, 9.17) is 5.73 Å². The van der Waals surface area contributed by atoms with E-state index in [1.165, 1.54) is 12.1 Å². The van der Waals surface area contributed by atoms with Gasteiger partial charge >= 0.3 is 0 Å². The first-order valence-electron chi connectivity index (χ1n) is 4.92. The zero-order valence-corrected chi connectivity index (χ0v) is 10.6. The second-order valence-electron chi connectivity index (χ2n) is 3.43. The van der Waals surface area contributed by atoms with Crippen LogP contribution in [0.25, 0.3) is 0 Å². The average molecular weight is 302 g/mol. The van der Waals surface area contributed by atoms with Gasteiger partial charge in [-0.3, -0.25) is 14.9 Å². The van der Waals surface area contributed by atoms with Gasteiger partial charge < -0.3 is 11.1 Å². The van der Waals surface area contributed by atoms with Gasteiger partial charge in [0.25, 0.3) is 5.69 Å². The number of nitro benzene ring substituents is 1. The van der Waals surface area contributed by atoms with Crippen molar-refractivity contribution in [2.45, 2.75) is 13.0 Å². The minimum absolute atomic E-state index is 0.0396. The Morgan fingerprint density at radius 1 is 1.53 bits per heavy atom. The van der Waals surface area contributed by atoms with E-state index in [0.717, 1.165) is 5.56 Å². The summed E-state index contributed by atoms with van der Waals surface area (Å²) in [4.78, 5) is 20.6. The summed E-state index contributed by atoms with van der Waals surface area (Å²) < 4.78 is 0.665. The van der Waals surface area contributed by atoms with Gasteiger partial charge in [-0.25, -0.2) is 0 Å². The van der Waals surface area contributed by atoms with E-state index in [1.54, 1.807) is 6.07 Å². The molecule has 7 heteroatoms. The van der Waals surface area contributed by atoms with Crippen molar-refractivity contribution in [2.24, 2.45) is 5.73 Å². The van der Waals surface area contributed by atoms with Crippen molar-refractivity contribution >= 4 is 27.5 Å². The van der Waals surface area contributed by atoms with Crippen LogP contribution < -0.4 is 11.1 Å². The zero-order valence-electron chi connectivity index (χ0n) is 8.98. The molecule has 0 aliphatic rings. The third kappa shape index (κ3) is 4.49. The van der Waals surface area contributed by atoms with Crippen LogP contribution in [0, 0.1) is 10.1 Å². The number of nitrogens with two attached hydrogens (primary N) is 1. The number of halogens is 1. The highest BCUT2D eigenvalue weighted by Crippen LogP contribution is 2.22. The van der Waals surface area contributed by atoms with Crippen molar-refractivity contribution in [2.75, 3.05) is 6.54 Å². The monoisotopic (exact) mass is 301 g/mol. The van der Waals surface area contributed by atoms with E-state index in [9.17, 15) is 14.9 Å². The van der Waals surface area contributed by atoms with Crippen LogP contribution in [0.1, 0.15) is 12.0 Å². The van der Waals surface area contributed by atoms with Crippen molar-refractivity contribution in [3.8, 4) is 0 Å². The molecule has 92 valence electrons. The summed E-state index contributed by atoms with van der Waals surface area (Å²) in [7, 11) is 0. The molecule has 0 saturated heterocycles. The summed E-state index contributed by atoms with van der Waals surface area (Å²) in [5.74, 6) is -0.361. The van der Waals surface area contributed by atoms with Crippen LogP contribution in [0.3, 0.4) is 0 Å². The molecule has 0 aliphatic heterocycles. The van der Waals surface area contributed by atoms with E-state index in [-0.39, 0.29) is 18.0 Å². The van der Waals surface area contributed by atoms with Gasteiger partial charge in [-0.1, -0.05) is 15.9 Å². The Morgan fingerprint density at radius 3 is 2.76 bits per heavy atom. The third-order valence-electron chi connectivity index (χ3n) is 2.11. The van der Waals surface area contributed by atoms with E-state index in [0.29, 0.717) is 17.6 Å². The maximum atomic E-state index is 10.5. The Hall–Kier alpha value is -1.47. The Bertz CT molecular complexity index is 437. The lowest BCUT2D eigenvalue weighted by molar-refractivity contribution is -0.384. The normalized spacial score (nSPS) is 10.2. The number of amides is 1. The molecule has 0 radical (unpaired) electrons. The van der Waals surface area contributed by atoms with Crippen LogP contribution >= 0.6 is 15.9 Å². The van der Waals surface area contributed by atoms with Crippen LogP contribution in [-0.4, -0.2) is 17.4 Å². The molecule has 0 unspecified atom stereocenters. The van der Waals surface area contributed by atoms with Crippen LogP contribution in [0.2, 0.25) is 0 Å². The second kappa shape index (κ2) is 6.31. The number of hydrogen-bond donors (Lipinski definition) is 2. The number of primary amides is 1. The first-order chi connectivity index (χ1) is 8.00. The van der Waals surface area contributed by atoms with Gasteiger partial charge in [-0.05, 0) is 11.6 Å².